The zero-order valence-electron chi connectivity index (χ0n) is 16.8. The Morgan fingerprint density at radius 1 is 1.09 bits per heavy atom. The molecule has 0 spiro atoms. The van der Waals surface area contributed by atoms with E-state index in [4.69, 9.17) is 21.1 Å². The molecule has 1 aromatic heterocycles. The molecule has 4 aromatic rings. The van der Waals surface area contributed by atoms with Gasteiger partial charge in [0.25, 0.3) is 0 Å². The normalized spacial score (nSPS) is 11.2. The van der Waals surface area contributed by atoms with Crippen molar-refractivity contribution in [3.05, 3.63) is 88.5 Å². The maximum absolute atomic E-state index is 14.7. The Bertz CT molecular complexity index is 1420. The molecule has 33 heavy (non-hydrogen) atoms. The molecule has 2 N–H and O–H groups in total. The first kappa shape index (κ1) is 22.2. The first-order valence-corrected chi connectivity index (χ1v) is 10.0. The van der Waals surface area contributed by atoms with Crippen LogP contribution in [0.2, 0.25) is 5.02 Å². The Morgan fingerprint density at radius 2 is 1.91 bits per heavy atom. The minimum atomic E-state index is -0.970. The number of aliphatic carboxylic acids is 1. The van der Waals surface area contributed by atoms with Gasteiger partial charge >= 0.3 is 5.97 Å². The van der Waals surface area contributed by atoms with Crippen LogP contribution in [0, 0.1) is 11.6 Å². The van der Waals surface area contributed by atoms with Crippen LogP contribution in [0.15, 0.2) is 65.1 Å². The highest BCUT2D eigenvalue weighted by Crippen LogP contribution is 2.28. The first-order valence-electron chi connectivity index (χ1n) is 9.64. The van der Waals surface area contributed by atoms with Crippen molar-refractivity contribution in [1.82, 2.24) is 4.98 Å². The van der Waals surface area contributed by atoms with Crippen LogP contribution in [0.25, 0.3) is 28.6 Å². The highest BCUT2D eigenvalue weighted by molar-refractivity contribution is 6.33. The largest absolute Gasteiger partial charge is 0.481 e. The number of hydrogen-bond acceptors (Lipinski definition) is 4. The molecule has 0 aliphatic rings. The Hall–Kier alpha value is -4.04. The van der Waals surface area contributed by atoms with Gasteiger partial charge in [-0.1, -0.05) is 23.7 Å². The van der Waals surface area contributed by atoms with Gasteiger partial charge in [0, 0.05) is 6.08 Å². The lowest BCUT2D eigenvalue weighted by molar-refractivity contribution is -0.136. The second-order valence-corrected chi connectivity index (χ2v) is 7.48. The van der Waals surface area contributed by atoms with E-state index in [1.165, 1.54) is 36.4 Å². The molecule has 0 radical (unpaired) electrons. The SMILES string of the molecule is O=C(O)Cc1ccc2oc(-c3ccc(C=CC(=O)Nc4ccc(F)cc4Cl)cc3F)nc2c1. The fourth-order valence-corrected chi connectivity index (χ4v) is 3.33. The number of amides is 1. The number of nitrogens with zero attached hydrogens (tertiary/aromatic N) is 1. The summed E-state index contributed by atoms with van der Waals surface area (Å²) in [6.45, 7) is 0. The number of halogens is 3. The molecule has 9 heteroatoms. The average molecular weight is 469 g/mol. The Labute approximate surface area is 191 Å². The van der Waals surface area contributed by atoms with Crippen LogP contribution in [0.4, 0.5) is 14.5 Å². The number of oxazole rings is 1. The molecule has 0 fully saturated rings. The minimum absolute atomic E-state index is 0.0502. The number of anilines is 1. The lowest BCUT2D eigenvalue weighted by Crippen LogP contribution is -2.08. The topological polar surface area (TPSA) is 92.4 Å². The van der Waals surface area contributed by atoms with Crippen molar-refractivity contribution in [2.45, 2.75) is 6.42 Å². The van der Waals surface area contributed by atoms with E-state index in [-0.39, 0.29) is 28.6 Å². The molecule has 166 valence electrons. The molecule has 3 aromatic carbocycles. The number of carboxylic acid groups (broad SMARTS) is 1. The summed E-state index contributed by atoms with van der Waals surface area (Å²) in [4.78, 5) is 27.2. The summed E-state index contributed by atoms with van der Waals surface area (Å²) in [5.74, 6) is -2.58. The molecular formula is C24H15ClF2N2O4. The summed E-state index contributed by atoms with van der Waals surface area (Å²) >= 11 is 5.88. The number of nitrogens with one attached hydrogen (secondary N) is 1. The van der Waals surface area contributed by atoms with Gasteiger partial charge in [-0.25, -0.2) is 13.8 Å². The summed E-state index contributed by atoms with van der Waals surface area (Å²) in [6, 6.07) is 12.6. The van der Waals surface area contributed by atoms with E-state index in [0.29, 0.717) is 22.2 Å². The van der Waals surface area contributed by atoms with E-state index in [9.17, 15) is 18.4 Å². The fourth-order valence-electron chi connectivity index (χ4n) is 3.12. The van der Waals surface area contributed by atoms with Crippen molar-refractivity contribution >= 4 is 46.3 Å². The number of fused-ring (bicyclic) bond motifs is 1. The van der Waals surface area contributed by atoms with Gasteiger partial charge < -0.3 is 14.8 Å². The van der Waals surface area contributed by atoms with E-state index in [1.807, 2.05) is 0 Å². The summed E-state index contributed by atoms with van der Waals surface area (Å²) < 4.78 is 33.4. The Balaban J connectivity index is 1.50. The third-order valence-electron chi connectivity index (χ3n) is 4.65. The van der Waals surface area contributed by atoms with Gasteiger partial charge in [0.05, 0.1) is 22.7 Å². The third kappa shape index (κ3) is 5.24. The molecule has 0 aliphatic heterocycles. The van der Waals surface area contributed by atoms with Gasteiger partial charge in [-0.05, 0) is 59.7 Å². The zero-order chi connectivity index (χ0) is 23.5. The summed E-state index contributed by atoms with van der Waals surface area (Å²) in [5.41, 5.74) is 2.15. The maximum Gasteiger partial charge on any atom is 0.307 e. The van der Waals surface area contributed by atoms with Gasteiger partial charge in [0.2, 0.25) is 11.8 Å². The second-order valence-electron chi connectivity index (χ2n) is 7.08. The number of carboxylic acids is 1. The minimum Gasteiger partial charge on any atom is -0.481 e. The fraction of sp³-hybridized carbons (Fsp3) is 0.0417. The van der Waals surface area contributed by atoms with Crippen LogP contribution in [-0.4, -0.2) is 22.0 Å². The highest BCUT2D eigenvalue weighted by Gasteiger charge is 2.14. The molecule has 6 nitrogen and oxygen atoms in total. The number of benzene rings is 3. The van der Waals surface area contributed by atoms with Crippen molar-refractivity contribution in [1.29, 1.82) is 0 Å². The number of carbonyl (C=O) groups is 2. The summed E-state index contributed by atoms with van der Waals surface area (Å²) in [7, 11) is 0. The first-order chi connectivity index (χ1) is 15.8. The quantitative estimate of drug-likeness (QED) is 0.354. The smallest absolute Gasteiger partial charge is 0.307 e. The van der Waals surface area contributed by atoms with Crippen molar-refractivity contribution in [2.75, 3.05) is 5.32 Å². The molecule has 0 bridgehead atoms. The van der Waals surface area contributed by atoms with E-state index < -0.39 is 23.5 Å². The van der Waals surface area contributed by atoms with Gasteiger partial charge in [0.15, 0.2) is 5.58 Å². The van der Waals surface area contributed by atoms with E-state index in [2.05, 4.69) is 10.3 Å². The van der Waals surface area contributed by atoms with Crippen LogP contribution in [0.5, 0.6) is 0 Å². The van der Waals surface area contributed by atoms with E-state index >= 15 is 0 Å². The van der Waals surface area contributed by atoms with Gasteiger partial charge in [-0.3, -0.25) is 9.59 Å². The zero-order valence-corrected chi connectivity index (χ0v) is 17.6. The number of aromatic nitrogens is 1. The standard InChI is InChI=1S/C24H15ClF2N2O4/c25-17-12-15(26)4-6-19(17)28-22(30)8-3-13-1-5-16(18(27)9-13)24-29-20-10-14(11-23(31)32)2-7-21(20)33-24/h1-10,12H,11H2,(H,28,30)(H,31,32). The van der Waals surface area contributed by atoms with Gasteiger partial charge in [-0.15, -0.1) is 0 Å². The van der Waals surface area contributed by atoms with Crippen molar-refractivity contribution in [3.8, 4) is 11.5 Å². The monoisotopic (exact) mass is 468 g/mol. The van der Waals surface area contributed by atoms with E-state index in [1.54, 1.807) is 24.3 Å². The molecule has 0 atom stereocenters. The average Bonchev–Trinajstić information content (AvgIpc) is 3.17. The maximum atomic E-state index is 14.7. The third-order valence-corrected chi connectivity index (χ3v) is 4.96. The molecule has 0 aliphatic carbocycles. The Kier molecular flexibility index (Phi) is 6.19. The molecule has 1 amide bonds. The van der Waals surface area contributed by atoms with Crippen LogP contribution >= 0.6 is 11.6 Å². The molecule has 0 unspecified atom stereocenters. The number of carbonyl (C=O) groups excluding carboxylic acids is 1. The molecule has 0 saturated carbocycles. The van der Waals surface area contributed by atoms with Crippen LogP contribution < -0.4 is 5.32 Å². The molecule has 0 saturated heterocycles. The Morgan fingerprint density at radius 3 is 2.64 bits per heavy atom. The predicted molar refractivity (Wildman–Crippen MR) is 120 cm³/mol. The van der Waals surface area contributed by atoms with Crippen LogP contribution in [-0.2, 0) is 16.0 Å². The van der Waals surface area contributed by atoms with Gasteiger partial charge in [-0.2, -0.15) is 0 Å². The second kappa shape index (κ2) is 9.22. The van der Waals surface area contributed by atoms with Crippen molar-refractivity contribution in [3.63, 3.8) is 0 Å². The molecule has 1 heterocycles. The predicted octanol–water partition coefficient (Wildman–Crippen LogP) is 5.71. The lowest BCUT2D eigenvalue weighted by Gasteiger charge is -2.04. The molecule has 4 rings (SSSR count). The molecular weight excluding hydrogens is 454 g/mol. The number of rotatable bonds is 6. The van der Waals surface area contributed by atoms with Crippen LogP contribution in [0.3, 0.4) is 0 Å². The lowest BCUT2D eigenvalue weighted by atomic mass is 10.1. The summed E-state index contributed by atoms with van der Waals surface area (Å²) in [6.07, 6.45) is 2.44. The van der Waals surface area contributed by atoms with Crippen molar-refractivity contribution < 1.29 is 27.9 Å². The van der Waals surface area contributed by atoms with E-state index in [0.717, 1.165) is 6.07 Å². The van der Waals surface area contributed by atoms with Crippen LogP contribution in [0.1, 0.15) is 11.1 Å². The van der Waals surface area contributed by atoms with Crippen molar-refractivity contribution in [2.24, 2.45) is 0 Å². The van der Waals surface area contributed by atoms with Gasteiger partial charge in [0.1, 0.15) is 17.2 Å². The number of hydrogen-bond donors (Lipinski definition) is 2. The summed E-state index contributed by atoms with van der Waals surface area (Å²) in [5, 5.41) is 11.5. The highest BCUT2D eigenvalue weighted by atomic mass is 35.5.